The summed E-state index contributed by atoms with van der Waals surface area (Å²) >= 11 is 0. The van der Waals surface area contributed by atoms with E-state index in [4.69, 9.17) is 14.6 Å². The predicted octanol–water partition coefficient (Wildman–Crippen LogP) is 2.90. The van der Waals surface area contributed by atoms with E-state index in [9.17, 15) is 9.59 Å². The van der Waals surface area contributed by atoms with Gasteiger partial charge < -0.3 is 19.9 Å². The normalized spacial score (nSPS) is 10.2. The molecular formula is C19H21NO5. The molecule has 0 fully saturated rings. The number of carbonyl (C=O) groups is 2. The van der Waals surface area contributed by atoms with E-state index in [1.165, 1.54) is 0 Å². The molecule has 0 saturated carbocycles. The number of aliphatic carboxylic acids is 1. The molecule has 2 aromatic carbocycles. The molecule has 1 amide bonds. The second-order valence-electron chi connectivity index (χ2n) is 5.50. The van der Waals surface area contributed by atoms with E-state index < -0.39 is 5.97 Å². The second kappa shape index (κ2) is 8.73. The molecule has 0 bridgehead atoms. The van der Waals surface area contributed by atoms with Gasteiger partial charge in [0.25, 0.3) is 0 Å². The lowest BCUT2D eigenvalue weighted by Crippen LogP contribution is -2.12. The van der Waals surface area contributed by atoms with Gasteiger partial charge in [-0.05, 0) is 41.8 Å². The SMILES string of the molecule is COc1ccc(CCC(=O)Nc2ccc(CC(=O)O)cc2)cc1OC. The lowest BCUT2D eigenvalue weighted by molar-refractivity contribution is -0.136. The summed E-state index contributed by atoms with van der Waals surface area (Å²) in [6.07, 6.45) is 0.864. The van der Waals surface area contributed by atoms with E-state index >= 15 is 0 Å². The topological polar surface area (TPSA) is 84.9 Å². The Labute approximate surface area is 146 Å². The Bertz CT molecular complexity index is 740. The van der Waals surface area contributed by atoms with Crippen LogP contribution in [0, 0.1) is 0 Å². The van der Waals surface area contributed by atoms with Crippen molar-refractivity contribution in [1.29, 1.82) is 0 Å². The van der Waals surface area contributed by atoms with Crippen molar-refractivity contribution >= 4 is 17.6 Å². The number of benzene rings is 2. The van der Waals surface area contributed by atoms with Crippen LogP contribution in [0.2, 0.25) is 0 Å². The van der Waals surface area contributed by atoms with E-state index in [0.717, 1.165) is 5.56 Å². The maximum absolute atomic E-state index is 12.1. The van der Waals surface area contributed by atoms with Gasteiger partial charge in [-0.2, -0.15) is 0 Å². The summed E-state index contributed by atoms with van der Waals surface area (Å²) in [7, 11) is 3.15. The van der Waals surface area contributed by atoms with Crippen LogP contribution < -0.4 is 14.8 Å². The second-order valence-corrected chi connectivity index (χ2v) is 5.50. The minimum absolute atomic E-state index is 0.0342. The summed E-state index contributed by atoms with van der Waals surface area (Å²) < 4.78 is 10.4. The molecule has 132 valence electrons. The molecule has 0 aliphatic rings. The molecule has 0 aromatic heterocycles. The fourth-order valence-electron chi connectivity index (χ4n) is 2.40. The first-order valence-corrected chi connectivity index (χ1v) is 7.83. The summed E-state index contributed by atoms with van der Waals surface area (Å²) in [4.78, 5) is 22.7. The molecule has 0 heterocycles. The maximum atomic E-state index is 12.1. The van der Waals surface area contributed by atoms with Gasteiger partial charge in [-0.25, -0.2) is 0 Å². The summed E-state index contributed by atoms with van der Waals surface area (Å²) in [5.41, 5.74) is 2.31. The molecule has 6 nitrogen and oxygen atoms in total. The number of nitrogens with one attached hydrogen (secondary N) is 1. The Kier molecular flexibility index (Phi) is 6.39. The zero-order chi connectivity index (χ0) is 18.2. The molecular weight excluding hydrogens is 322 g/mol. The summed E-state index contributed by atoms with van der Waals surface area (Å²) in [5, 5.41) is 11.5. The van der Waals surface area contributed by atoms with Crippen molar-refractivity contribution in [2.75, 3.05) is 19.5 Å². The molecule has 2 aromatic rings. The largest absolute Gasteiger partial charge is 0.493 e. The van der Waals surface area contributed by atoms with Crippen LogP contribution in [0.3, 0.4) is 0 Å². The zero-order valence-electron chi connectivity index (χ0n) is 14.2. The first-order valence-electron chi connectivity index (χ1n) is 7.83. The smallest absolute Gasteiger partial charge is 0.307 e. The highest BCUT2D eigenvalue weighted by Gasteiger charge is 2.08. The highest BCUT2D eigenvalue weighted by Crippen LogP contribution is 2.28. The van der Waals surface area contributed by atoms with Crippen molar-refractivity contribution in [2.24, 2.45) is 0 Å². The number of methoxy groups -OCH3 is 2. The van der Waals surface area contributed by atoms with E-state index in [0.29, 0.717) is 35.6 Å². The summed E-state index contributed by atoms with van der Waals surface area (Å²) in [6, 6.07) is 12.4. The van der Waals surface area contributed by atoms with Gasteiger partial charge in [-0.15, -0.1) is 0 Å². The van der Waals surface area contributed by atoms with Crippen molar-refractivity contribution < 1.29 is 24.2 Å². The summed E-state index contributed by atoms with van der Waals surface area (Å²) in [6.45, 7) is 0. The van der Waals surface area contributed by atoms with Gasteiger partial charge in [-0.1, -0.05) is 18.2 Å². The van der Waals surface area contributed by atoms with Gasteiger partial charge in [0.15, 0.2) is 11.5 Å². The van der Waals surface area contributed by atoms with Crippen LogP contribution in [-0.4, -0.2) is 31.2 Å². The standard InChI is InChI=1S/C19H21NO5/c1-24-16-9-5-13(11-17(16)25-2)6-10-18(21)20-15-7-3-14(4-8-15)12-19(22)23/h3-5,7-9,11H,6,10,12H2,1-2H3,(H,20,21)(H,22,23). The van der Waals surface area contributed by atoms with Gasteiger partial charge in [0, 0.05) is 12.1 Å². The van der Waals surface area contributed by atoms with Crippen LogP contribution in [0.1, 0.15) is 17.5 Å². The maximum Gasteiger partial charge on any atom is 0.307 e. The van der Waals surface area contributed by atoms with Crippen LogP contribution in [0.4, 0.5) is 5.69 Å². The Hall–Kier alpha value is -3.02. The predicted molar refractivity (Wildman–Crippen MR) is 94.3 cm³/mol. The molecule has 0 saturated heterocycles. The Morgan fingerprint density at radius 2 is 1.60 bits per heavy atom. The van der Waals surface area contributed by atoms with E-state index in [2.05, 4.69) is 5.32 Å². The molecule has 0 radical (unpaired) electrons. The van der Waals surface area contributed by atoms with Crippen molar-refractivity contribution in [3.63, 3.8) is 0 Å². The number of carbonyl (C=O) groups excluding carboxylic acids is 1. The van der Waals surface area contributed by atoms with Gasteiger partial charge in [0.05, 0.1) is 20.6 Å². The van der Waals surface area contributed by atoms with Gasteiger partial charge >= 0.3 is 5.97 Å². The molecule has 2 N–H and O–H groups in total. The zero-order valence-corrected chi connectivity index (χ0v) is 14.2. The Morgan fingerprint density at radius 1 is 0.960 bits per heavy atom. The number of anilines is 1. The Morgan fingerprint density at radius 3 is 2.20 bits per heavy atom. The van der Waals surface area contributed by atoms with Crippen molar-refractivity contribution in [1.82, 2.24) is 0 Å². The van der Waals surface area contributed by atoms with Gasteiger partial charge in [0.1, 0.15) is 0 Å². The Balaban J connectivity index is 1.89. The number of aryl methyl sites for hydroxylation is 1. The summed E-state index contributed by atoms with van der Waals surface area (Å²) in [5.74, 6) is 0.291. The molecule has 2 rings (SSSR count). The average Bonchev–Trinajstić information content (AvgIpc) is 2.61. The van der Waals surface area contributed by atoms with Gasteiger partial charge in [-0.3, -0.25) is 9.59 Å². The molecule has 6 heteroatoms. The lowest BCUT2D eigenvalue weighted by Gasteiger charge is -2.10. The lowest BCUT2D eigenvalue weighted by atomic mass is 10.1. The molecule has 25 heavy (non-hydrogen) atoms. The number of carboxylic acids is 1. The third-order valence-corrected chi connectivity index (χ3v) is 3.68. The van der Waals surface area contributed by atoms with Crippen molar-refractivity contribution in [3.8, 4) is 11.5 Å². The molecule has 0 aliphatic heterocycles. The number of hydrogen-bond acceptors (Lipinski definition) is 4. The first-order chi connectivity index (χ1) is 12.0. The quantitative estimate of drug-likeness (QED) is 0.770. The fraction of sp³-hybridized carbons (Fsp3) is 0.263. The molecule has 0 spiro atoms. The van der Waals surface area contributed by atoms with Crippen LogP contribution in [0.25, 0.3) is 0 Å². The highest BCUT2D eigenvalue weighted by molar-refractivity contribution is 5.90. The van der Waals surface area contributed by atoms with E-state index in [1.807, 2.05) is 18.2 Å². The van der Waals surface area contributed by atoms with Crippen molar-refractivity contribution in [2.45, 2.75) is 19.3 Å². The first kappa shape index (κ1) is 18.3. The number of amides is 1. The number of ether oxygens (including phenoxy) is 2. The highest BCUT2D eigenvalue weighted by atomic mass is 16.5. The fourth-order valence-corrected chi connectivity index (χ4v) is 2.40. The number of rotatable bonds is 8. The minimum atomic E-state index is -0.883. The third kappa shape index (κ3) is 5.53. The van der Waals surface area contributed by atoms with Crippen LogP contribution in [0.15, 0.2) is 42.5 Å². The molecule has 0 aliphatic carbocycles. The van der Waals surface area contributed by atoms with Crippen LogP contribution >= 0.6 is 0 Å². The van der Waals surface area contributed by atoms with Crippen molar-refractivity contribution in [3.05, 3.63) is 53.6 Å². The van der Waals surface area contributed by atoms with E-state index in [-0.39, 0.29) is 12.3 Å². The molecule has 0 atom stereocenters. The minimum Gasteiger partial charge on any atom is -0.493 e. The average molecular weight is 343 g/mol. The van der Waals surface area contributed by atoms with Crippen LogP contribution in [-0.2, 0) is 22.4 Å². The molecule has 0 unspecified atom stereocenters. The number of hydrogen-bond donors (Lipinski definition) is 2. The monoisotopic (exact) mass is 343 g/mol. The van der Waals surface area contributed by atoms with E-state index in [1.54, 1.807) is 38.5 Å². The number of carboxylic acid groups (broad SMARTS) is 1. The van der Waals surface area contributed by atoms with Crippen LogP contribution in [0.5, 0.6) is 11.5 Å². The van der Waals surface area contributed by atoms with Gasteiger partial charge in [0.2, 0.25) is 5.91 Å². The third-order valence-electron chi connectivity index (χ3n) is 3.68.